The summed E-state index contributed by atoms with van der Waals surface area (Å²) in [6, 6.07) is 17.8. The average Bonchev–Trinajstić information content (AvgIpc) is 3.50. The molecule has 2 aromatic heterocycles. The van der Waals surface area contributed by atoms with Crippen molar-refractivity contribution in [1.29, 1.82) is 0 Å². The van der Waals surface area contributed by atoms with Gasteiger partial charge in [-0.25, -0.2) is 10.0 Å². The van der Waals surface area contributed by atoms with Gasteiger partial charge in [-0.3, -0.25) is 19.4 Å². The van der Waals surface area contributed by atoms with Crippen molar-refractivity contribution in [3.05, 3.63) is 118 Å². The number of nitrogens with zero attached hydrogens (tertiary/aromatic N) is 4. The van der Waals surface area contributed by atoms with Crippen LogP contribution in [0, 0.1) is 0 Å². The van der Waals surface area contributed by atoms with Gasteiger partial charge in [0.2, 0.25) is 0 Å². The maximum Gasteiger partial charge on any atom is 0.279 e. The Labute approximate surface area is 223 Å². The van der Waals surface area contributed by atoms with Gasteiger partial charge >= 0.3 is 0 Å². The molecule has 0 aliphatic carbocycles. The van der Waals surface area contributed by atoms with E-state index < -0.39 is 29.9 Å². The number of imidazole rings is 1. The Bertz CT molecular complexity index is 1410. The fraction of sp³-hybridized carbons (Fsp3) is 0.185. The molecule has 0 radical (unpaired) electrons. The Morgan fingerprint density at radius 2 is 1.81 bits per heavy atom. The van der Waals surface area contributed by atoms with Crippen LogP contribution in [0.4, 0.5) is 0 Å². The number of benzene rings is 2. The highest BCUT2D eigenvalue weighted by atomic mass is 35.5. The molecule has 37 heavy (non-hydrogen) atoms. The molecular weight excluding hydrogens is 515 g/mol. The summed E-state index contributed by atoms with van der Waals surface area (Å²) in [6.45, 7) is -0.494. The van der Waals surface area contributed by atoms with E-state index in [0.29, 0.717) is 26.9 Å². The van der Waals surface area contributed by atoms with E-state index in [2.05, 4.69) is 9.97 Å². The average molecular weight is 537 g/mol. The molecule has 188 valence electrons. The zero-order valence-electron chi connectivity index (χ0n) is 19.5. The smallest absolute Gasteiger partial charge is 0.279 e. The number of pyridine rings is 1. The Morgan fingerprint density at radius 1 is 1.05 bits per heavy atom. The molecule has 1 aliphatic heterocycles. The maximum atomic E-state index is 13.7. The maximum absolute atomic E-state index is 13.7. The quantitative estimate of drug-likeness (QED) is 0.346. The van der Waals surface area contributed by atoms with Crippen LogP contribution in [-0.2, 0) is 28.1 Å². The zero-order valence-corrected chi connectivity index (χ0v) is 21.0. The van der Waals surface area contributed by atoms with E-state index in [4.69, 9.17) is 28.0 Å². The lowest BCUT2D eigenvalue weighted by molar-refractivity contribution is -0.180. The minimum atomic E-state index is -1.34. The molecule has 2 atom stereocenters. The van der Waals surface area contributed by atoms with Crippen molar-refractivity contribution in [2.45, 2.75) is 24.6 Å². The molecule has 0 bridgehead atoms. The lowest BCUT2D eigenvalue weighted by atomic mass is 9.79. The first-order chi connectivity index (χ1) is 17.9. The van der Waals surface area contributed by atoms with Gasteiger partial charge in [-0.15, -0.1) is 0 Å². The standard InChI is InChI=1S/C27H22Cl2N4O4/c28-19-7-5-18(6-8-19)27(13-21-10-9-20(29)14-31-21)23-4-2-1-3-22(23)26(36)33(27)37-16-25(35)24(34)15-32-12-11-30-17-32/h1-12,14,17,24,34H,13,15-16H2/t24?,27-/m1/s1. The second-order valence-corrected chi connectivity index (χ2v) is 9.54. The Balaban J connectivity index is 1.54. The first-order valence-corrected chi connectivity index (χ1v) is 12.2. The lowest BCUT2D eigenvalue weighted by Gasteiger charge is -2.38. The Morgan fingerprint density at radius 3 is 2.51 bits per heavy atom. The number of fused-ring (bicyclic) bond motifs is 1. The van der Waals surface area contributed by atoms with Crippen molar-refractivity contribution in [3.63, 3.8) is 0 Å². The van der Waals surface area contributed by atoms with Crippen LogP contribution in [0.1, 0.15) is 27.2 Å². The van der Waals surface area contributed by atoms with E-state index in [9.17, 15) is 14.7 Å². The van der Waals surface area contributed by atoms with E-state index in [0.717, 1.165) is 5.56 Å². The van der Waals surface area contributed by atoms with Crippen LogP contribution in [0.3, 0.4) is 0 Å². The molecule has 3 heterocycles. The monoisotopic (exact) mass is 536 g/mol. The van der Waals surface area contributed by atoms with Crippen molar-refractivity contribution in [2.75, 3.05) is 6.61 Å². The molecule has 2 aromatic carbocycles. The minimum Gasteiger partial charge on any atom is -0.383 e. The predicted molar refractivity (Wildman–Crippen MR) is 137 cm³/mol. The van der Waals surface area contributed by atoms with Crippen LogP contribution in [0.15, 0.2) is 85.6 Å². The van der Waals surface area contributed by atoms with Crippen molar-refractivity contribution < 1.29 is 19.5 Å². The molecule has 0 saturated heterocycles. The summed E-state index contributed by atoms with van der Waals surface area (Å²) in [5.74, 6) is -0.983. The Hall–Kier alpha value is -3.56. The predicted octanol–water partition coefficient (Wildman–Crippen LogP) is 4.09. The highest BCUT2D eigenvalue weighted by molar-refractivity contribution is 6.30. The third-order valence-corrected chi connectivity index (χ3v) is 6.81. The molecule has 1 unspecified atom stereocenters. The van der Waals surface area contributed by atoms with Gasteiger partial charge < -0.3 is 9.67 Å². The molecule has 1 N–H and O–H groups in total. The molecule has 10 heteroatoms. The summed E-state index contributed by atoms with van der Waals surface area (Å²) >= 11 is 12.2. The minimum absolute atomic E-state index is 0.0212. The van der Waals surface area contributed by atoms with E-state index in [-0.39, 0.29) is 13.0 Å². The number of carbonyl (C=O) groups excluding carboxylic acids is 2. The van der Waals surface area contributed by atoms with Gasteiger partial charge in [-0.05, 0) is 41.5 Å². The normalized spacial score (nSPS) is 17.6. The fourth-order valence-electron chi connectivity index (χ4n) is 4.55. The van der Waals surface area contributed by atoms with E-state index >= 15 is 0 Å². The lowest BCUT2D eigenvalue weighted by Crippen LogP contribution is -2.48. The summed E-state index contributed by atoms with van der Waals surface area (Å²) in [5.41, 5.74) is 1.36. The Kier molecular flexibility index (Phi) is 7.08. The van der Waals surface area contributed by atoms with Crippen LogP contribution >= 0.6 is 23.2 Å². The number of Topliss-reactive ketones (excluding diaryl/α,β-unsaturated/α-hetero) is 1. The van der Waals surface area contributed by atoms with Crippen molar-refractivity contribution in [1.82, 2.24) is 19.6 Å². The number of hydroxylamine groups is 2. The first-order valence-electron chi connectivity index (χ1n) is 11.5. The van der Waals surface area contributed by atoms with Crippen LogP contribution in [0.25, 0.3) is 0 Å². The molecule has 0 saturated carbocycles. The van der Waals surface area contributed by atoms with Gasteiger partial charge in [0, 0.05) is 41.3 Å². The van der Waals surface area contributed by atoms with Crippen molar-refractivity contribution >= 4 is 34.9 Å². The molecule has 4 aromatic rings. The van der Waals surface area contributed by atoms with Gasteiger partial charge in [0.05, 0.1) is 17.9 Å². The molecular formula is C27H22Cl2N4O4. The second-order valence-electron chi connectivity index (χ2n) is 8.67. The molecule has 1 aliphatic rings. The van der Waals surface area contributed by atoms with Crippen LogP contribution in [0.5, 0.6) is 0 Å². The summed E-state index contributed by atoms with van der Waals surface area (Å²) in [7, 11) is 0. The zero-order chi connectivity index (χ0) is 26.0. The van der Waals surface area contributed by atoms with E-state index in [1.54, 1.807) is 53.4 Å². The highest BCUT2D eigenvalue weighted by Gasteiger charge is 2.52. The van der Waals surface area contributed by atoms with Crippen molar-refractivity contribution in [2.24, 2.45) is 0 Å². The number of rotatable bonds is 9. The van der Waals surface area contributed by atoms with Gasteiger partial charge in [-0.1, -0.05) is 53.5 Å². The van der Waals surface area contributed by atoms with Gasteiger partial charge in [0.1, 0.15) is 18.2 Å². The summed E-state index contributed by atoms with van der Waals surface area (Å²) in [5, 5.41) is 12.7. The molecule has 1 amide bonds. The summed E-state index contributed by atoms with van der Waals surface area (Å²) in [4.78, 5) is 40.8. The van der Waals surface area contributed by atoms with Gasteiger partial charge in [-0.2, -0.15) is 0 Å². The van der Waals surface area contributed by atoms with Crippen LogP contribution < -0.4 is 0 Å². The number of hydrogen-bond acceptors (Lipinski definition) is 6. The topological polar surface area (TPSA) is 97.5 Å². The SMILES string of the molecule is O=C(CON1C(=O)c2ccccc2[C@@]1(Cc1ccc(Cl)cn1)c1ccc(Cl)cc1)C(O)Cn1ccnc1. The fourth-order valence-corrected chi connectivity index (χ4v) is 4.79. The molecule has 0 spiro atoms. The van der Waals surface area contributed by atoms with Crippen LogP contribution in [-0.4, -0.2) is 49.1 Å². The summed E-state index contributed by atoms with van der Waals surface area (Å²) < 4.78 is 1.59. The number of aliphatic hydroxyl groups is 1. The second kappa shape index (κ2) is 10.4. The highest BCUT2D eigenvalue weighted by Crippen LogP contribution is 2.46. The number of aromatic nitrogens is 3. The molecule has 0 fully saturated rings. The number of carbonyl (C=O) groups is 2. The van der Waals surface area contributed by atoms with E-state index in [1.807, 2.05) is 24.3 Å². The number of halogens is 2. The van der Waals surface area contributed by atoms with Gasteiger partial charge in [0.25, 0.3) is 5.91 Å². The molecule has 8 nitrogen and oxygen atoms in total. The summed E-state index contributed by atoms with van der Waals surface area (Å²) in [6.07, 6.45) is 5.14. The van der Waals surface area contributed by atoms with Crippen LogP contribution in [0.2, 0.25) is 10.0 Å². The third-order valence-electron chi connectivity index (χ3n) is 6.33. The number of aliphatic hydroxyl groups excluding tert-OH is 1. The number of amides is 1. The van der Waals surface area contributed by atoms with Gasteiger partial charge in [0.15, 0.2) is 5.78 Å². The van der Waals surface area contributed by atoms with E-state index in [1.165, 1.54) is 17.6 Å². The number of ketones is 1. The largest absolute Gasteiger partial charge is 0.383 e. The third kappa shape index (κ3) is 4.89. The number of hydrogen-bond donors (Lipinski definition) is 1. The first kappa shape index (κ1) is 25.1. The molecule has 5 rings (SSSR count). The van der Waals surface area contributed by atoms with Crippen molar-refractivity contribution in [3.8, 4) is 0 Å².